The normalized spacial score (nSPS) is 42.6. The van der Waals surface area contributed by atoms with Crippen molar-refractivity contribution in [2.45, 2.75) is 40.0 Å². The standard InChI is InChI=1S/C10H19NO/c1-7-4-8(2)6-10(3,5-7)9(11)12/h7-8H,4-6H2,1-3H3,(H2,11,12). The predicted molar refractivity (Wildman–Crippen MR) is 49.5 cm³/mol. The lowest BCUT2D eigenvalue weighted by molar-refractivity contribution is -0.130. The number of amides is 1. The monoisotopic (exact) mass is 169 g/mol. The Morgan fingerprint density at radius 2 is 1.75 bits per heavy atom. The lowest BCUT2D eigenvalue weighted by Gasteiger charge is -2.37. The van der Waals surface area contributed by atoms with Gasteiger partial charge >= 0.3 is 0 Å². The largest absolute Gasteiger partial charge is 0.369 e. The molecule has 1 aliphatic rings. The molecular formula is C10H19NO. The fourth-order valence-electron chi connectivity index (χ4n) is 2.68. The highest BCUT2D eigenvalue weighted by molar-refractivity contribution is 5.80. The van der Waals surface area contributed by atoms with Crippen molar-refractivity contribution in [1.29, 1.82) is 0 Å². The van der Waals surface area contributed by atoms with E-state index in [-0.39, 0.29) is 11.3 Å². The molecule has 0 aliphatic heterocycles. The maximum atomic E-state index is 11.2. The SMILES string of the molecule is CC1CC(C)CC(C)(C(N)=O)C1. The number of nitrogens with two attached hydrogens (primary N) is 1. The molecule has 0 saturated heterocycles. The van der Waals surface area contributed by atoms with Crippen LogP contribution in [-0.4, -0.2) is 5.91 Å². The van der Waals surface area contributed by atoms with Gasteiger partial charge in [0.05, 0.1) is 0 Å². The molecule has 12 heavy (non-hydrogen) atoms. The molecule has 70 valence electrons. The minimum Gasteiger partial charge on any atom is -0.369 e. The van der Waals surface area contributed by atoms with Crippen LogP contribution in [0, 0.1) is 17.3 Å². The minimum absolute atomic E-state index is 0.124. The third-order valence-corrected chi connectivity index (χ3v) is 3.00. The van der Waals surface area contributed by atoms with Crippen molar-refractivity contribution in [1.82, 2.24) is 0 Å². The first-order valence-electron chi connectivity index (χ1n) is 4.74. The summed E-state index contributed by atoms with van der Waals surface area (Å²) < 4.78 is 0. The number of carbonyl (C=O) groups is 1. The predicted octanol–water partition coefficient (Wildman–Crippen LogP) is 1.93. The zero-order valence-corrected chi connectivity index (χ0v) is 8.26. The van der Waals surface area contributed by atoms with Gasteiger partial charge in [-0.1, -0.05) is 20.8 Å². The molecule has 0 radical (unpaired) electrons. The third kappa shape index (κ3) is 1.79. The van der Waals surface area contributed by atoms with E-state index in [0.29, 0.717) is 11.8 Å². The van der Waals surface area contributed by atoms with Crippen LogP contribution in [0.2, 0.25) is 0 Å². The highest BCUT2D eigenvalue weighted by Gasteiger charge is 2.38. The summed E-state index contributed by atoms with van der Waals surface area (Å²) in [6.45, 7) is 6.41. The van der Waals surface area contributed by atoms with Crippen molar-refractivity contribution in [2.75, 3.05) is 0 Å². The van der Waals surface area contributed by atoms with Gasteiger partial charge in [-0.25, -0.2) is 0 Å². The van der Waals surface area contributed by atoms with Gasteiger partial charge in [0.2, 0.25) is 5.91 Å². The molecule has 0 aromatic heterocycles. The van der Waals surface area contributed by atoms with Crippen molar-refractivity contribution in [3.8, 4) is 0 Å². The summed E-state index contributed by atoms with van der Waals surface area (Å²) in [4.78, 5) is 11.2. The molecular weight excluding hydrogens is 150 g/mol. The Morgan fingerprint density at radius 1 is 1.33 bits per heavy atom. The van der Waals surface area contributed by atoms with Crippen LogP contribution >= 0.6 is 0 Å². The van der Waals surface area contributed by atoms with Gasteiger partial charge in [0, 0.05) is 5.41 Å². The van der Waals surface area contributed by atoms with E-state index in [1.165, 1.54) is 6.42 Å². The molecule has 0 spiro atoms. The lowest BCUT2D eigenvalue weighted by atomic mass is 9.67. The summed E-state index contributed by atoms with van der Waals surface area (Å²) in [6.07, 6.45) is 3.17. The number of primary amides is 1. The summed E-state index contributed by atoms with van der Waals surface area (Å²) >= 11 is 0. The molecule has 2 unspecified atom stereocenters. The van der Waals surface area contributed by atoms with E-state index in [4.69, 9.17) is 5.73 Å². The first-order valence-corrected chi connectivity index (χ1v) is 4.74. The van der Waals surface area contributed by atoms with E-state index in [1.54, 1.807) is 0 Å². The van der Waals surface area contributed by atoms with Gasteiger partial charge in [-0.2, -0.15) is 0 Å². The molecule has 0 aromatic rings. The van der Waals surface area contributed by atoms with Gasteiger partial charge < -0.3 is 5.73 Å². The lowest BCUT2D eigenvalue weighted by Crippen LogP contribution is -2.40. The fourth-order valence-corrected chi connectivity index (χ4v) is 2.68. The summed E-state index contributed by atoms with van der Waals surface area (Å²) in [5.74, 6) is 1.17. The zero-order chi connectivity index (χ0) is 9.35. The molecule has 1 aliphatic carbocycles. The Balaban J connectivity index is 2.71. The van der Waals surface area contributed by atoms with Crippen LogP contribution in [0.3, 0.4) is 0 Å². The second kappa shape index (κ2) is 3.08. The van der Waals surface area contributed by atoms with Gasteiger partial charge in [-0.3, -0.25) is 4.79 Å². The van der Waals surface area contributed by atoms with Crippen molar-refractivity contribution in [3.05, 3.63) is 0 Å². The second-order valence-electron chi connectivity index (χ2n) is 4.78. The summed E-state index contributed by atoms with van der Waals surface area (Å²) in [5, 5.41) is 0. The van der Waals surface area contributed by atoms with Crippen LogP contribution in [-0.2, 0) is 4.79 Å². The Kier molecular flexibility index (Phi) is 2.45. The van der Waals surface area contributed by atoms with Crippen LogP contribution in [0.5, 0.6) is 0 Å². The van der Waals surface area contributed by atoms with Crippen LogP contribution in [0.4, 0.5) is 0 Å². The van der Waals surface area contributed by atoms with Crippen LogP contribution in [0.1, 0.15) is 40.0 Å². The van der Waals surface area contributed by atoms with E-state index in [9.17, 15) is 4.79 Å². The van der Waals surface area contributed by atoms with Crippen LogP contribution in [0.25, 0.3) is 0 Å². The molecule has 2 N–H and O–H groups in total. The number of hydrogen-bond donors (Lipinski definition) is 1. The number of rotatable bonds is 1. The Hall–Kier alpha value is -0.530. The quantitative estimate of drug-likeness (QED) is 0.640. The fraction of sp³-hybridized carbons (Fsp3) is 0.900. The topological polar surface area (TPSA) is 43.1 Å². The van der Waals surface area contributed by atoms with E-state index in [1.807, 2.05) is 6.92 Å². The maximum Gasteiger partial charge on any atom is 0.223 e. The smallest absolute Gasteiger partial charge is 0.223 e. The molecule has 1 amide bonds. The minimum atomic E-state index is -0.239. The van der Waals surface area contributed by atoms with Crippen molar-refractivity contribution < 1.29 is 4.79 Å². The summed E-state index contributed by atoms with van der Waals surface area (Å²) in [5.41, 5.74) is 5.15. The van der Waals surface area contributed by atoms with Gasteiger partial charge in [-0.05, 0) is 31.1 Å². The summed E-state index contributed by atoms with van der Waals surface area (Å²) in [7, 11) is 0. The molecule has 0 heterocycles. The second-order valence-corrected chi connectivity index (χ2v) is 4.78. The number of hydrogen-bond acceptors (Lipinski definition) is 1. The van der Waals surface area contributed by atoms with Gasteiger partial charge in [-0.15, -0.1) is 0 Å². The molecule has 0 aromatic carbocycles. The van der Waals surface area contributed by atoms with Crippen molar-refractivity contribution >= 4 is 5.91 Å². The third-order valence-electron chi connectivity index (χ3n) is 3.00. The van der Waals surface area contributed by atoms with Gasteiger partial charge in [0.1, 0.15) is 0 Å². The highest BCUT2D eigenvalue weighted by atomic mass is 16.1. The average Bonchev–Trinajstić information content (AvgIpc) is 1.82. The Morgan fingerprint density at radius 3 is 2.08 bits per heavy atom. The maximum absolute atomic E-state index is 11.2. The number of carbonyl (C=O) groups excluding carboxylic acids is 1. The van der Waals surface area contributed by atoms with E-state index in [0.717, 1.165) is 12.8 Å². The molecule has 1 saturated carbocycles. The Bertz CT molecular complexity index is 178. The molecule has 2 nitrogen and oxygen atoms in total. The zero-order valence-electron chi connectivity index (χ0n) is 8.26. The van der Waals surface area contributed by atoms with E-state index >= 15 is 0 Å². The molecule has 1 fully saturated rings. The van der Waals surface area contributed by atoms with Crippen LogP contribution < -0.4 is 5.73 Å². The van der Waals surface area contributed by atoms with Gasteiger partial charge in [0.25, 0.3) is 0 Å². The molecule has 0 bridgehead atoms. The van der Waals surface area contributed by atoms with Crippen molar-refractivity contribution in [2.24, 2.45) is 23.0 Å². The molecule has 1 rings (SSSR count). The van der Waals surface area contributed by atoms with Crippen LogP contribution in [0.15, 0.2) is 0 Å². The molecule has 2 heteroatoms. The Labute approximate surface area is 74.5 Å². The highest BCUT2D eigenvalue weighted by Crippen LogP contribution is 2.41. The average molecular weight is 169 g/mol. The van der Waals surface area contributed by atoms with E-state index < -0.39 is 0 Å². The first-order chi connectivity index (χ1) is 5.44. The molecule has 2 atom stereocenters. The van der Waals surface area contributed by atoms with E-state index in [2.05, 4.69) is 13.8 Å². The summed E-state index contributed by atoms with van der Waals surface area (Å²) in [6, 6.07) is 0. The van der Waals surface area contributed by atoms with Crippen molar-refractivity contribution in [3.63, 3.8) is 0 Å². The first kappa shape index (κ1) is 9.56. The van der Waals surface area contributed by atoms with Gasteiger partial charge in [0.15, 0.2) is 0 Å².